The Balaban J connectivity index is 2.39. The fourth-order valence-corrected chi connectivity index (χ4v) is 3.02. The average Bonchev–Trinajstić information content (AvgIpc) is 2.73. The maximum Gasteiger partial charge on any atom is 0.123 e. The maximum absolute atomic E-state index is 4.74. The largest absolute Gasteiger partial charge is 0.315 e. The van der Waals surface area contributed by atoms with Gasteiger partial charge in [-0.25, -0.2) is 4.98 Å². The molecule has 0 aliphatic rings. The Kier molecular flexibility index (Phi) is 3.92. The normalized spacial score (nSPS) is 10.8. The number of hydrogen-bond donors (Lipinski definition) is 1. The number of hydrogen-bond acceptors (Lipinski definition) is 3. The molecule has 0 amide bonds. The molecule has 0 saturated heterocycles. The van der Waals surface area contributed by atoms with Crippen LogP contribution in [-0.4, -0.2) is 12.0 Å². The fraction of sp³-hybridized carbons (Fsp3) is 0.357. The topological polar surface area (TPSA) is 24.9 Å². The van der Waals surface area contributed by atoms with E-state index in [1.807, 2.05) is 7.05 Å². The molecular formula is C14H18N2S. The maximum atomic E-state index is 4.74. The van der Waals surface area contributed by atoms with Crippen molar-refractivity contribution in [3.63, 3.8) is 0 Å². The van der Waals surface area contributed by atoms with Crippen LogP contribution in [0.2, 0.25) is 0 Å². The number of nitrogens with one attached hydrogen (secondary N) is 1. The SMILES string of the molecule is CCc1nc(-c2cccc(C)c2)sc1CNC. The molecule has 1 aromatic heterocycles. The molecule has 0 saturated carbocycles. The first kappa shape index (κ1) is 12.3. The summed E-state index contributed by atoms with van der Waals surface area (Å²) in [6.07, 6.45) is 0.999. The number of rotatable bonds is 4. The zero-order valence-electron chi connectivity index (χ0n) is 10.6. The van der Waals surface area contributed by atoms with Crippen molar-refractivity contribution in [1.29, 1.82) is 0 Å². The first-order chi connectivity index (χ1) is 8.24. The van der Waals surface area contributed by atoms with E-state index < -0.39 is 0 Å². The van der Waals surface area contributed by atoms with Crippen molar-refractivity contribution >= 4 is 11.3 Å². The second kappa shape index (κ2) is 5.43. The highest BCUT2D eigenvalue weighted by atomic mass is 32.1. The monoisotopic (exact) mass is 246 g/mol. The van der Waals surface area contributed by atoms with Gasteiger partial charge in [0.25, 0.3) is 0 Å². The lowest BCUT2D eigenvalue weighted by Gasteiger charge is -1.97. The standard InChI is InChI=1S/C14H18N2S/c1-4-12-13(9-15-3)17-14(16-12)11-7-5-6-10(2)8-11/h5-8,15H,4,9H2,1-3H3. The predicted octanol–water partition coefficient (Wildman–Crippen LogP) is 3.40. The second-order valence-electron chi connectivity index (χ2n) is 4.14. The molecule has 2 aromatic rings. The van der Waals surface area contributed by atoms with Gasteiger partial charge in [-0.2, -0.15) is 0 Å². The van der Waals surface area contributed by atoms with E-state index in [-0.39, 0.29) is 0 Å². The summed E-state index contributed by atoms with van der Waals surface area (Å²) in [5.74, 6) is 0. The highest BCUT2D eigenvalue weighted by Crippen LogP contribution is 2.28. The van der Waals surface area contributed by atoms with Gasteiger partial charge in [0.2, 0.25) is 0 Å². The van der Waals surface area contributed by atoms with E-state index in [0.717, 1.165) is 18.0 Å². The van der Waals surface area contributed by atoms with E-state index in [0.29, 0.717) is 0 Å². The molecule has 1 heterocycles. The fourth-order valence-electron chi connectivity index (χ4n) is 1.86. The van der Waals surface area contributed by atoms with Crippen LogP contribution in [0.3, 0.4) is 0 Å². The quantitative estimate of drug-likeness (QED) is 0.894. The second-order valence-corrected chi connectivity index (χ2v) is 5.23. The predicted molar refractivity (Wildman–Crippen MR) is 74.4 cm³/mol. The van der Waals surface area contributed by atoms with Crippen molar-refractivity contribution in [2.45, 2.75) is 26.8 Å². The van der Waals surface area contributed by atoms with Crippen LogP contribution in [0.15, 0.2) is 24.3 Å². The number of aryl methyl sites for hydroxylation is 2. The Morgan fingerprint density at radius 2 is 2.18 bits per heavy atom. The highest BCUT2D eigenvalue weighted by molar-refractivity contribution is 7.15. The number of thiazole rings is 1. The Morgan fingerprint density at radius 3 is 2.82 bits per heavy atom. The van der Waals surface area contributed by atoms with Gasteiger partial charge < -0.3 is 5.32 Å². The Hall–Kier alpha value is -1.19. The molecule has 2 rings (SSSR count). The molecule has 0 unspecified atom stereocenters. The Labute approximate surface area is 107 Å². The zero-order valence-corrected chi connectivity index (χ0v) is 11.4. The lowest BCUT2D eigenvalue weighted by atomic mass is 10.1. The molecule has 0 spiro atoms. The van der Waals surface area contributed by atoms with Gasteiger partial charge in [0.1, 0.15) is 5.01 Å². The molecule has 3 heteroatoms. The first-order valence-electron chi connectivity index (χ1n) is 5.94. The van der Waals surface area contributed by atoms with Crippen molar-refractivity contribution in [2.24, 2.45) is 0 Å². The summed E-state index contributed by atoms with van der Waals surface area (Å²) in [7, 11) is 1.98. The van der Waals surface area contributed by atoms with E-state index in [4.69, 9.17) is 4.98 Å². The van der Waals surface area contributed by atoms with Crippen LogP contribution in [0.5, 0.6) is 0 Å². The molecule has 0 bridgehead atoms. The summed E-state index contributed by atoms with van der Waals surface area (Å²) in [4.78, 5) is 6.09. The van der Waals surface area contributed by atoms with Crippen molar-refractivity contribution in [3.8, 4) is 10.6 Å². The number of aromatic nitrogens is 1. The van der Waals surface area contributed by atoms with Gasteiger partial charge in [-0.05, 0) is 26.5 Å². The minimum absolute atomic E-state index is 0.909. The molecule has 1 N–H and O–H groups in total. The molecule has 2 nitrogen and oxygen atoms in total. The van der Waals surface area contributed by atoms with E-state index in [1.54, 1.807) is 11.3 Å². The first-order valence-corrected chi connectivity index (χ1v) is 6.76. The smallest absolute Gasteiger partial charge is 0.123 e. The van der Waals surface area contributed by atoms with Crippen molar-refractivity contribution in [3.05, 3.63) is 40.4 Å². The third-order valence-electron chi connectivity index (χ3n) is 2.72. The van der Waals surface area contributed by atoms with E-state index >= 15 is 0 Å². The van der Waals surface area contributed by atoms with Crippen LogP contribution < -0.4 is 5.32 Å². The third kappa shape index (κ3) is 2.73. The van der Waals surface area contributed by atoms with Crippen LogP contribution in [0.4, 0.5) is 0 Å². The van der Waals surface area contributed by atoms with Crippen molar-refractivity contribution < 1.29 is 0 Å². The van der Waals surface area contributed by atoms with Crippen LogP contribution in [0, 0.1) is 6.92 Å². The van der Waals surface area contributed by atoms with Crippen LogP contribution in [0.1, 0.15) is 23.1 Å². The molecule has 0 radical (unpaired) electrons. The van der Waals surface area contributed by atoms with Crippen LogP contribution in [-0.2, 0) is 13.0 Å². The van der Waals surface area contributed by atoms with Crippen molar-refractivity contribution in [2.75, 3.05) is 7.05 Å². The minimum atomic E-state index is 0.909. The molecule has 0 fully saturated rings. The van der Waals surface area contributed by atoms with E-state index in [1.165, 1.54) is 21.7 Å². The molecule has 17 heavy (non-hydrogen) atoms. The number of nitrogens with zero attached hydrogens (tertiary/aromatic N) is 1. The molecule has 1 aromatic carbocycles. The van der Waals surface area contributed by atoms with Crippen LogP contribution >= 0.6 is 11.3 Å². The summed E-state index contributed by atoms with van der Waals surface area (Å²) in [6.45, 7) is 5.19. The number of benzene rings is 1. The van der Waals surface area contributed by atoms with Gasteiger partial charge in [0, 0.05) is 17.0 Å². The molecule has 90 valence electrons. The lowest BCUT2D eigenvalue weighted by Crippen LogP contribution is -2.05. The molecular weight excluding hydrogens is 228 g/mol. The Bertz CT molecular complexity index is 503. The summed E-state index contributed by atoms with van der Waals surface area (Å²) >= 11 is 1.80. The van der Waals surface area contributed by atoms with E-state index in [2.05, 4.69) is 43.4 Å². The molecule has 0 aliphatic carbocycles. The summed E-state index contributed by atoms with van der Waals surface area (Å²) < 4.78 is 0. The van der Waals surface area contributed by atoms with E-state index in [9.17, 15) is 0 Å². The minimum Gasteiger partial charge on any atom is -0.315 e. The van der Waals surface area contributed by atoms with Gasteiger partial charge in [-0.3, -0.25) is 0 Å². The van der Waals surface area contributed by atoms with Crippen molar-refractivity contribution in [1.82, 2.24) is 10.3 Å². The Morgan fingerprint density at radius 1 is 1.35 bits per heavy atom. The molecule has 0 atom stereocenters. The van der Waals surface area contributed by atoms with Crippen LogP contribution in [0.25, 0.3) is 10.6 Å². The average molecular weight is 246 g/mol. The lowest BCUT2D eigenvalue weighted by molar-refractivity contribution is 0.815. The third-order valence-corrected chi connectivity index (χ3v) is 3.86. The van der Waals surface area contributed by atoms with Gasteiger partial charge >= 0.3 is 0 Å². The molecule has 0 aliphatic heterocycles. The van der Waals surface area contributed by atoms with Gasteiger partial charge in [0.15, 0.2) is 0 Å². The zero-order chi connectivity index (χ0) is 12.3. The summed E-state index contributed by atoms with van der Waals surface area (Å²) in [6, 6.07) is 8.54. The summed E-state index contributed by atoms with van der Waals surface area (Å²) in [5, 5.41) is 4.34. The highest BCUT2D eigenvalue weighted by Gasteiger charge is 2.10. The van der Waals surface area contributed by atoms with Gasteiger partial charge in [-0.15, -0.1) is 11.3 Å². The summed E-state index contributed by atoms with van der Waals surface area (Å²) in [5.41, 5.74) is 3.74. The van der Waals surface area contributed by atoms with Gasteiger partial charge in [-0.1, -0.05) is 30.7 Å². The van der Waals surface area contributed by atoms with Gasteiger partial charge in [0.05, 0.1) is 5.69 Å².